The van der Waals surface area contributed by atoms with Crippen LogP contribution in [0.3, 0.4) is 0 Å². The van der Waals surface area contributed by atoms with Crippen molar-refractivity contribution in [1.82, 2.24) is 10.5 Å². The molecule has 104 valence electrons. The summed E-state index contributed by atoms with van der Waals surface area (Å²) < 4.78 is 10.7. The molecule has 1 rings (SSSR count). The van der Waals surface area contributed by atoms with Crippen molar-refractivity contribution in [3.05, 3.63) is 17.5 Å². The van der Waals surface area contributed by atoms with Gasteiger partial charge in [0.1, 0.15) is 6.61 Å². The van der Waals surface area contributed by atoms with Crippen molar-refractivity contribution in [2.45, 2.75) is 58.6 Å². The molecule has 0 aromatic carbocycles. The number of ether oxygens (including phenoxy) is 1. The highest BCUT2D eigenvalue weighted by Gasteiger charge is 2.02. The lowest BCUT2D eigenvalue weighted by molar-refractivity contribution is 0.0975. The van der Waals surface area contributed by atoms with E-state index in [9.17, 15) is 0 Å². The summed E-state index contributed by atoms with van der Waals surface area (Å²) in [6.07, 6.45) is 7.74. The van der Waals surface area contributed by atoms with Gasteiger partial charge in [-0.15, -0.1) is 0 Å². The fraction of sp³-hybridized carbons (Fsp3) is 0.786. The Morgan fingerprint density at radius 2 is 2.00 bits per heavy atom. The third kappa shape index (κ3) is 6.77. The van der Waals surface area contributed by atoms with Gasteiger partial charge in [0.15, 0.2) is 5.76 Å². The Hall–Kier alpha value is -0.870. The Balaban J connectivity index is 1.96. The molecule has 0 saturated heterocycles. The summed E-state index contributed by atoms with van der Waals surface area (Å²) in [6.45, 7) is 4.32. The minimum atomic E-state index is 0.533. The standard InChI is InChI=1S/C14H26N2O2/c1-3-4-5-6-7-8-9-17-12-14-10-13(11-15-2)16-18-14/h10,15H,3-9,11-12H2,1-2H3. The minimum Gasteiger partial charge on any atom is -0.373 e. The molecule has 0 fully saturated rings. The second-order valence-electron chi connectivity index (χ2n) is 4.64. The Morgan fingerprint density at radius 3 is 2.78 bits per heavy atom. The highest BCUT2D eigenvalue weighted by Crippen LogP contribution is 2.07. The van der Waals surface area contributed by atoms with Gasteiger partial charge in [-0.3, -0.25) is 0 Å². The van der Waals surface area contributed by atoms with Gasteiger partial charge in [-0.2, -0.15) is 0 Å². The topological polar surface area (TPSA) is 47.3 Å². The van der Waals surface area contributed by atoms with Gasteiger partial charge in [0.2, 0.25) is 0 Å². The lowest BCUT2D eigenvalue weighted by Crippen LogP contribution is -2.04. The molecule has 0 saturated carbocycles. The molecule has 0 aliphatic heterocycles. The van der Waals surface area contributed by atoms with E-state index in [1.165, 1.54) is 32.1 Å². The van der Waals surface area contributed by atoms with Crippen LogP contribution < -0.4 is 5.32 Å². The number of nitrogens with zero attached hydrogens (tertiary/aromatic N) is 1. The minimum absolute atomic E-state index is 0.533. The van der Waals surface area contributed by atoms with Gasteiger partial charge in [0.05, 0.1) is 5.69 Å². The fourth-order valence-corrected chi connectivity index (χ4v) is 1.85. The molecule has 1 aromatic rings. The van der Waals surface area contributed by atoms with Gasteiger partial charge in [0.25, 0.3) is 0 Å². The second-order valence-corrected chi connectivity index (χ2v) is 4.64. The monoisotopic (exact) mass is 254 g/mol. The lowest BCUT2D eigenvalue weighted by Gasteiger charge is -2.01. The van der Waals surface area contributed by atoms with E-state index in [0.717, 1.165) is 31.0 Å². The van der Waals surface area contributed by atoms with Gasteiger partial charge in [0, 0.05) is 19.2 Å². The first-order valence-electron chi connectivity index (χ1n) is 7.03. The van der Waals surface area contributed by atoms with Crippen molar-refractivity contribution >= 4 is 0 Å². The molecule has 4 heteroatoms. The molecular formula is C14H26N2O2. The molecule has 0 atom stereocenters. The van der Waals surface area contributed by atoms with Gasteiger partial charge >= 0.3 is 0 Å². The van der Waals surface area contributed by atoms with Crippen LogP contribution in [0.15, 0.2) is 10.6 Å². The number of hydrogen-bond donors (Lipinski definition) is 1. The van der Waals surface area contributed by atoms with E-state index in [4.69, 9.17) is 9.26 Å². The normalized spacial score (nSPS) is 11.0. The molecule has 0 radical (unpaired) electrons. The third-order valence-electron chi connectivity index (χ3n) is 2.85. The van der Waals surface area contributed by atoms with Gasteiger partial charge in [-0.25, -0.2) is 0 Å². The quantitative estimate of drug-likeness (QED) is 0.616. The molecule has 1 N–H and O–H groups in total. The Bertz CT molecular complexity index is 300. The van der Waals surface area contributed by atoms with E-state index in [1.807, 2.05) is 13.1 Å². The number of hydrogen-bond acceptors (Lipinski definition) is 4. The summed E-state index contributed by atoms with van der Waals surface area (Å²) >= 11 is 0. The van der Waals surface area contributed by atoms with E-state index in [-0.39, 0.29) is 0 Å². The van der Waals surface area contributed by atoms with Crippen molar-refractivity contribution < 1.29 is 9.26 Å². The van der Waals surface area contributed by atoms with Crippen LogP contribution in [0, 0.1) is 0 Å². The Labute approximate surface area is 110 Å². The maximum atomic E-state index is 5.56. The number of nitrogens with one attached hydrogen (secondary N) is 1. The predicted octanol–water partition coefficient (Wildman–Crippen LogP) is 3.27. The third-order valence-corrected chi connectivity index (χ3v) is 2.85. The molecule has 0 spiro atoms. The van der Waals surface area contributed by atoms with E-state index in [1.54, 1.807) is 0 Å². The first kappa shape index (κ1) is 15.2. The summed E-state index contributed by atoms with van der Waals surface area (Å²) in [7, 11) is 1.89. The van der Waals surface area contributed by atoms with Crippen molar-refractivity contribution in [1.29, 1.82) is 0 Å². The van der Waals surface area contributed by atoms with Crippen molar-refractivity contribution in [2.75, 3.05) is 13.7 Å². The lowest BCUT2D eigenvalue weighted by atomic mass is 10.1. The smallest absolute Gasteiger partial charge is 0.162 e. The first-order chi connectivity index (χ1) is 8.86. The second kappa shape index (κ2) is 10.1. The van der Waals surface area contributed by atoms with Crippen LogP contribution in [-0.2, 0) is 17.9 Å². The molecule has 0 bridgehead atoms. The van der Waals surface area contributed by atoms with Crippen LogP contribution in [-0.4, -0.2) is 18.8 Å². The molecule has 0 aliphatic rings. The molecule has 4 nitrogen and oxygen atoms in total. The fourth-order valence-electron chi connectivity index (χ4n) is 1.85. The van der Waals surface area contributed by atoms with E-state index < -0.39 is 0 Å². The summed E-state index contributed by atoms with van der Waals surface area (Å²) in [4.78, 5) is 0. The summed E-state index contributed by atoms with van der Waals surface area (Å²) in [5.41, 5.74) is 0.927. The van der Waals surface area contributed by atoms with Crippen molar-refractivity contribution in [2.24, 2.45) is 0 Å². The maximum absolute atomic E-state index is 5.56. The molecule has 0 aliphatic carbocycles. The zero-order valence-corrected chi connectivity index (χ0v) is 11.7. The highest BCUT2D eigenvalue weighted by molar-refractivity contribution is 5.03. The van der Waals surface area contributed by atoms with Gasteiger partial charge in [-0.05, 0) is 13.5 Å². The number of rotatable bonds is 11. The van der Waals surface area contributed by atoms with Gasteiger partial charge < -0.3 is 14.6 Å². The van der Waals surface area contributed by atoms with Crippen LogP contribution in [0.1, 0.15) is 56.9 Å². The molecule has 18 heavy (non-hydrogen) atoms. The van der Waals surface area contributed by atoms with E-state index >= 15 is 0 Å². The average Bonchev–Trinajstić information content (AvgIpc) is 2.81. The van der Waals surface area contributed by atoms with Gasteiger partial charge in [-0.1, -0.05) is 44.2 Å². The molecule has 1 heterocycles. The van der Waals surface area contributed by atoms with Crippen molar-refractivity contribution in [3.8, 4) is 0 Å². The van der Waals surface area contributed by atoms with E-state index in [2.05, 4.69) is 17.4 Å². The average molecular weight is 254 g/mol. The zero-order valence-electron chi connectivity index (χ0n) is 11.7. The largest absolute Gasteiger partial charge is 0.373 e. The van der Waals surface area contributed by atoms with Crippen LogP contribution >= 0.6 is 0 Å². The first-order valence-corrected chi connectivity index (χ1v) is 7.03. The number of unbranched alkanes of at least 4 members (excludes halogenated alkanes) is 5. The van der Waals surface area contributed by atoms with Crippen LogP contribution in [0.25, 0.3) is 0 Å². The molecular weight excluding hydrogens is 228 g/mol. The summed E-state index contributed by atoms with van der Waals surface area (Å²) in [5.74, 6) is 0.811. The summed E-state index contributed by atoms with van der Waals surface area (Å²) in [5, 5.41) is 6.97. The van der Waals surface area contributed by atoms with Crippen LogP contribution in [0.5, 0.6) is 0 Å². The molecule has 0 amide bonds. The van der Waals surface area contributed by atoms with Crippen molar-refractivity contribution in [3.63, 3.8) is 0 Å². The zero-order chi connectivity index (χ0) is 13.1. The highest BCUT2D eigenvalue weighted by atomic mass is 16.5. The summed E-state index contributed by atoms with van der Waals surface area (Å²) in [6, 6.07) is 1.94. The number of aromatic nitrogens is 1. The molecule has 0 unspecified atom stereocenters. The van der Waals surface area contributed by atoms with Crippen LogP contribution in [0.2, 0.25) is 0 Å². The van der Waals surface area contributed by atoms with E-state index in [0.29, 0.717) is 6.61 Å². The predicted molar refractivity (Wildman–Crippen MR) is 72.3 cm³/mol. The molecule has 1 aromatic heterocycles. The SMILES string of the molecule is CCCCCCCCOCc1cc(CNC)no1. The Morgan fingerprint density at radius 1 is 1.22 bits per heavy atom. The Kier molecular flexibility index (Phi) is 8.51. The maximum Gasteiger partial charge on any atom is 0.162 e. The van der Waals surface area contributed by atoms with Crippen LogP contribution in [0.4, 0.5) is 0 Å².